The summed E-state index contributed by atoms with van der Waals surface area (Å²) in [7, 11) is 0. The van der Waals surface area contributed by atoms with E-state index in [-0.39, 0.29) is 0 Å². The lowest BCUT2D eigenvalue weighted by Crippen LogP contribution is -1.77. The summed E-state index contributed by atoms with van der Waals surface area (Å²) >= 11 is 1.94. The van der Waals surface area contributed by atoms with Gasteiger partial charge in [0, 0.05) is 0 Å². The van der Waals surface area contributed by atoms with Gasteiger partial charge in [0.1, 0.15) is 0 Å². The van der Waals surface area contributed by atoms with Gasteiger partial charge in [0.25, 0.3) is 0 Å². The molecular weight excluding hydrogens is 128 g/mol. The van der Waals surface area contributed by atoms with Gasteiger partial charge in [-0.3, -0.25) is 0 Å². The summed E-state index contributed by atoms with van der Waals surface area (Å²) in [6, 6.07) is 0. The Labute approximate surface area is 62.7 Å². The third-order valence-corrected chi connectivity index (χ3v) is 2.56. The van der Waals surface area contributed by atoms with Crippen molar-refractivity contribution in [1.82, 2.24) is 0 Å². The Morgan fingerprint density at radius 2 is 1.78 bits per heavy atom. The van der Waals surface area contributed by atoms with E-state index in [0.717, 1.165) is 0 Å². The Kier molecular flexibility index (Phi) is 4.97. The van der Waals surface area contributed by atoms with Crippen LogP contribution in [0.3, 0.4) is 0 Å². The predicted octanol–water partition coefficient (Wildman–Crippen LogP) is 3.44. The fourth-order valence-corrected chi connectivity index (χ4v) is 1.41. The summed E-state index contributed by atoms with van der Waals surface area (Å²) in [5, 5.41) is 0. The summed E-state index contributed by atoms with van der Waals surface area (Å²) < 4.78 is 0. The molecule has 0 aliphatic rings. The highest BCUT2D eigenvalue weighted by molar-refractivity contribution is 8.03. The quantitative estimate of drug-likeness (QED) is 0.584. The van der Waals surface area contributed by atoms with Crippen LogP contribution in [-0.2, 0) is 0 Å². The van der Waals surface area contributed by atoms with Crippen LogP contribution < -0.4 is 0 Å². The smallest absolute Gasteiger partial charge is 0.00518 e. The van der Waals surface area contributed by atoms with Crippen LogP contribution in [0.25, 0.3) is 0 Å². The Balaban J connectivity index is 3.78. The molecule has 0 nitrogen and oxygen atoms in total. The number of thioether (sulfide) groups is 1. The van der Waals surface area contributed by atoms with E-state index in [1.807, 2.05) is 11.8 Å². The normalized spacial score (nSPS) is 13.3. The van der Waals surface area contributed by atoms with Crippen molar-refractivity contribution in [3.63, 3.8) is 0 Å². The highest BCUT2D eigenvalue weighted by Gasteiger charge is 1.91. The Bertz CT molecular complexity index is 103. The average Bonchev–Trinajstić information content (AvgIpc) is 1.87. The Hall–Kier alpha value is 0.0900. The van der Waals surface area contributed by atoms with E-state index in [9.17, 15) is 0 Å². The van der Waals surface area contributed by atoms with Gasteiger partial charge in [0.15, 0.2) is 0 Å². The predicted molar refractivity (Wildman–Crippen MR) is 46.8 cm³/mol. The fraction of sp³-hybridized carbons (Fsp3) is 0.750. The van der Waals surface area contributed by atoms with E-state index in [1.165, 1.54) is 22.7 Å². The van der Waals surface area contributed by atoms with Crippen LogP contribution in [0.1, 0.15) is 34.1 Å². The summed E-state index contributed by atoms with van der Waals surface area (Å²) in [6.45, 7) is 8.80. The molecule has 0 heterocycles. The van der Waals surface area contributed by atoms with Gasteiger partial charge in [-0.25, -0.2) is 0 Å². The highest BCUT2D eigenvalue weighted by atomic mass is 32.2. The minimum Gasteiger partial charge on any atom is -0.131 e. The molecule has 9 heavy (non-hydrogen) atoms. The van der Waals surface area contributed by atoms with Crippen LogP contribution in [-0.4, -0.2) is 5.75 Å². The van der Waals surface area contributed by atoms with E-state index < -0.39 is 0 Å². The number of allylic oxidation sites excluding steroid dienone is 2. The van der Waals surface area contributed by atoms with Crippen molar-refractivity contribution in [3.05, 3.63) is 10.5 Å². The summed E-state index contributed by atoms with van der Waals surface area (Å²) in [6.07, 6.45) is 1.19. The molecule has 1 heteroatoms. The minimum atomic E-state index is 1.19. The monoisotopic (exact) mass is 144 g/mol. The summed E-state index contributed by atoms with van der Waals surface area (Å²) in [5.74, 6) is 1.20. The van der Waals surface area contributed by atoms with E-state index in [0.29, 0.717) is 0 Å². The zero-order valence-electron chi connectivity index (χ0n) is 6.82. The zero-order valence-corrected chi connectivity index (χ0v) is 7.64. The van der Waals surface area contributed by atoms with Crippen LogP contribution in [0.4, 0.5) is 0 Å². The SMILES string of the molecule is CCS/C(C)=C(\C)CC. The highest BCUT2D eigenvalue weighted by Crippen LogP contribution is 2.19. The van der Waals surface area contributed by atoms with E-state index >= 15 is 0 Å². The molecule has 0 unspecified atom stereocenters. The van der Waals surface area contributed by atoms with Gasteiger partial charge in [-0.15, -0.1) is 11.8 Å². The van der Waals surface area contributed by atoms with Gasteiger partial charge in [-0.2, -0.15) is 0 Å². The molecule has 0 saturated heterocycles. The molecule has 0 bridgehead atoms. The van der Waals surface area contributed by atoms with Crippen molar-refractivity contribution >= 4 is 11.8 Å². The van der Waals surface area contributed by atoms with Crippen molar-refractivity contribution in [2.24, 2.45) is 0 Å². The maximum Gasteiger partial charge on any atom is -0.00518 e. The molecule has 0 aliphatic heterocycles. The van der Waals surface area contributed by atoms with Crippen LogP contribution in [0.5, 0.6) is 0 Å². The molecule has 0 rings (SSSR count). The van der Waals surface area contributed by atoms with Crippen LogP contribution in [0, 0.1) is 0 Å². The van der Waals surface area contributed by atoms with Gasteiger partial charge in [0.2, 0.25) is 0 Å². The molecule has 0 radical (unpaired) electrons. The molecule has 0 aliphatic carbocycles. The van der Waals surface area contributed by atoms with Gasteiger partial charge in [-0.1, -0.05) is 19.4 Å². The third kappa shape index (κ3) is 3.63. The molecule has 0 N–H and O–H groups in total. The lowest BCUT2D eigenvalue weighted by Gasteiger charge is -2.01. The average molecular weight is 144 g/mol. The lowest BCUT2D eigenvalue weighted by molar-refractivity contribution is 1.08. The molecule has 54 valence electrons. The van der Waals surface area contributed by atoms with Crippen LogP contribution in [0.2, 0.25) is 0 Å². The van der Waals surface area contributed by atoms with Gasteiger partial charge < -0.3 is 0 Å². The van der Waals surface area contributed by atoms with E-state index in [1.54, 1.807) is 0 Å². The van der Waals surface area contributed by atoms with Gasteiger partial charge in [0.05, 0.1) is 0 Å². The molecule has 0 aromatic carbocycles. The van der Waals surface area contributed by atoms with Crippen molar-refractivity contribution in [3.8, 4) is 0 Å². The van der Waals surface area contributed by atoms with E-state index in [2.05, 4.69) is 27.7 Å². The molecule has 0 amide bonds. The first kappa shape index (κ1) is 9.09. The molecular formula is C8H16S. The molecule has 0 spiro atoms. The number of rotatable bonds is 3. The molecule has 0 aromatic rings. The van der Waals surface area contributed by atoms with Crippen molar-refractivity contribution in [2.45, 2.75) is 34.1 Å². The first-order valence-electron chi connectivity index (χ1n) is 3.51. The van der Waals surface area contributed by atoms with Crippen molar-refractivity contribution < 1.29 is 0 Å². The Morgan fingerprint density at radius 1 is 1.22 bits per heavy atom. The van der Waals surface area contributed by atoms with E-state index in [4.69, 9.17) is 0 Å². The Morgan fingerprint density at radius 3 is 2.11 bits per heavy atom. The zero-order chi connectivity index (χ0) is 7.28. The second-order valence-corrected chi connectivity index (χ2v) is 3.60. The largest absolute Gasteiger partial charge is 0.131 e. The standard InChI is InChI=1S/C8H16S/c1-5-7(3)8(4)9-6-2/h5-6H2,1-4H3/b8-7+. The second-order valence-electron chi connectivity index (χ2n) is 2.12. The lowest BCUT2D eigenvalue weighted by atomic mass is 10.2. The third-order valence-electron chi connectivity index (χ3n) is 1.49. The fourth-order valence-electron chi connectivity index (χ4n) is 0.589. The number of hydrogen-bond donors (Lipinski definition) is 0. The van der Waals surface area contributed by atoms with Gasteiger partial charge >= 0.3 is 0 Å². The molecule has 0 saturated carbocycles. The first-order valence-corrected chi connectivity index (χ1v) is 4.50. The van der Waals surface area contributed by atoms with Gasteiger partial charge in [-0.05, 0) is 30.9 Å². The first-order chi connectivity index (χ1) is 4.22. The summed E-state index contributed by atoms with van der Waals surface area (Å²) in [4.78, 5) is 1.50. The topological polar surface area (TPSA) is 0 Å². The number of hydrogen-bond acceptors (Lipinski definition) is 1. The maximum absolute atomic E-state index is 2.21. The molecule has 0 fully saturated rings. The molecule has 0 aromatic heterocycles. The minimum absolute atomic E-state index is 1.19. The summed E-state index contributed by atoms with van der Waals surface area (Å²) in [5.41, 5.74) is 1.53. The van der Waals surface area contributed by atoms with Crippen molar-refractivity contribution in [2.75, 3.05) is 5.75 Å². The second kappa shape index (κ2) is 4.92. The van der Waals surface area contributed by atoms with Crippen LogP contribution in [0.15, 0.2) is 10.5 Å². The molecule has 0 atom stereocenters. The van der Waals surface area contributed by atoms with Crippen molar-refractivity contribution in [1.29, 1.82) is 0 Å². The van der Waals surface area contributed by atoms with Crippen LogP contribution >= 0.6 is 11.8 Å². The maximum atomic E-state index is 2.21.